The lowest BCUT2D eigenvalue weighted by molar-refractivity contribution is 0.0914. The number of hydrogen-bond donors (Lipinski definition) is 2. The van der Waals surface area contributed by atoms with Gasteiger partial charge in [-0.25, -0.2) is 0 Å². The molecule has 1 aliphatic carbocycles. The summed E-state index contributed by atoms with van der Waals surface area (Å²) in [5.74, 6) is 0.422. The van der Waals surface area contributed by atoms with Crippen molar-refractivity contribution in [2.45, 2.75) is 31.7 Å². The van der Waals surface area contributed by atoms with E-state index in [2.05, 4.69) is 5.32 Å². The van der Waals surface area contributed by atoms with Crippen LogP contribution in [0.1, 0.15) is 36.0 Å². The minimum absolute atomic E-state index is 0.00255. The van der Waals surface area contributed by atoms with Crippen molar-refractivity contribution in [3.8, 4) is 0 Å². The first kappa shape index (κ1) is 14.9. The molecule has 1 amide bonds. The van der Waals surface area contributed by atoms with E-state index >= 15 is 0 Å². The third-order valence-electron chi connectivity index (χ3n) is 4.09. The van der Waals surface area contributed by atoms with E-state index in [9.17, 15) is 4.79 Å². The monoisotopic (exact) mass is 276 g/mol. The van der Waals surface area contributed by atoms with Crippen molar-refractivity contribution in [2.24, 2.45) is 5.92 Å². The second-order valence-electron chi connectivity index (χ2n) is 5.81. The van der Waals surface area contributed by atoms with Crippen molar-refractivity contribution in [3.63, 3.8) is 0 Å². The number of carbonyl (C=O) groups excluding carboxylic acids is 1. The van der Waals surface area contributed by atoms with Crippen molar-refractivity contribution in [1.29, 1.82) is 0 Å². The van der Waals surface area contributed by atoms with Crippen molar-refractivity contribution in [2.75, 3.05) is 25.6 Å². The molecule has 2 rings (SSSR count). The Hall–Kier alpha value is -1.55. The predicted molar refractivity (Wildman–Crippen MR) is 81.1 cm³/mol. The lowest BCUT2D eigenvalue weighted by Gasteiger charge is -2.28. The minimum Gasteiger partial charge on any atom is -0.396 e. The number of benzene rings is 1. The fourth-order valence-corrected chi connectivity index (χ4v) is 2.67. The van der Waals surface area contributed by atoms with Gasteiger partial charge in [0.1, 0.15) is 0 Å². The fourth-order valence-electron chi connectivity index (χ4n) is 2.67. The third kappa shape index (κ3) is 3.73. The Morgan fingerprint density at radius 1 is 1.20 bits per heavy atom. The lowest BCUT2D eigenvalue weighted by Crippen LogP contribution is -2.38. The molecule has 0 unspecified atom stereocenters. The summed E-state index contributed by atoms with van der Waals surface area (Å²) in [7, 11) is 3.96. The number of aliphatic hydroxyl groups excluding tert-OH is 1. The van der Waals surface area contributed by atoms with Gasteiger partial charge in [-0.15, -0.1) is 0 Å². The van der Waals surface area contributed by atoms with Gasteiger partial charge in [0.25, 0.3) is 5.91 Å². The first-order valence-corrected chi connectivity index (χ1v) is 7.29. The van der Waals surface area contributed by atoms with Gasteiger partial charge in [-0.05, 0) is 55.9 Å². The summed E-state index contributed by atoms with van der Waals surface area (Å²) in [5, 5.41) is 12.2. The molecule has 4 nitrogen and oxygen atoms in total. The molecule has 1 aliphatic rings. The topological polar surface area (TPSA) is 52.6 Å². The number of carbonyl (C=O) groups is 1. The second kappa shape index (κ2) is 6.75. The summed E-state index contributed by atoms with van der Waals surface area (Å²) in [5.41, 5.74) is 1.80. The Balaban J connectivity index is 1.88. The molecular formula is C16H24N2O2. The van der Waals surface area contributed by atoms with E-state index in [0.29, 0.717) is 11.5 Å². The molecule has 2 N–H and O–H groups in total. The third-order valence-corrected chi connectivity index (χ3v) is 4.09. The van der Waals surface area contributed by atoms with E-state index in [-0.39, 0.29) is 18.6 Å². The van der Waals surface area contributed by atoms with Crippen molar-refractivity contribution < 1.29 is 9.90 Å². The summed E-state index contributed by atoms with van der Waals surface area (Å²) < 4.78 is 0. The van der Waals surface area contributed by atoms with E-state index in [1.54, 1.807) is 0 Å². The molecule has 20 heavy (non-hydrogen) atoms. The molecule has 0 spiro atoms. The Morgan fingerprint density at radius 3 is 2.30 bits per heavy atom. The van der Waals surface area contributed by atoms with Gasteiger partial charge in [0.05, 0.1) is 0 Å². The smallest absolute Gasteiger partial charge is 0.251 e. The van der Waals surface area contributed by atoms with Crippen molar-refractivity contribution in [3.05, 3.63) is 29.8 Å². The SMILES string of the molecule is CN(C)c1ccc(C(=O)NC2CCC(CO)CC2)cc1. The second-order valence-corrected chi connectivity index (χ2v) is 5.81. The maximum Gasteiger partial charge on any atom is 0.251 e. The van der Waals surface area contributed by atoms with Crippen LogP contribution in [0.4, 0.5) is 5.69 Å². The normalized spacial score (nSPS) is 22.4. The molecular weight excluding hydrogens is 252 g/mol. The summed E-state index contributed by atoms with van der Waals surface area (Å²) in [6, 6.07) is 7.89. The van der Waals surface area contributed by atoms with Crippen molar-refractivity contribution in [1.82, 2.24) is 5.32 Å². The van der Waals surface area contributed by atoms with E-state index in [1.165, 1.54) is 0 Å². The average Bonchev–Trinajstić information content (AvgIpc) is 2.48. The van der Waals surface area contributed by atoms with E-state index in [4.69, 9.17) is 5.11 Å². The van der Waals surface area contributed by atoms with Gasteiger partial charge in [0, 0.05) is 38.0 Å². The minimum atomic E-state index is 0.00255. The molecule has 1 fully saturated rings. The molecule has 4 heteroatoms. The summed E-state index contributed by atoms with van der Waals surface area (Å²) in [4.78, 5) is 14.2. The van der Waals surface area contributed by atoms with E-state index in [1.807, 2.05) is 43.3 Å². The summed E-state index contributed by atoms with van der Waals surface area (Å²) >= 11 is 0. The Morgan fingerprint density at radius 2 is 1.80 bits per heavy atom. The van der Waals surface area contributed by atoms with Gasteiger partial charge in [0.2, 0.25) is 0 Å². The van der Waals surface area contributed by atoms with Crippen LogP contribution in [0.25, 0.3) is 0 Å². The highest BCUT2D eigenvalue weighted by Crippen LogP contribution is 2.24. The molecule has 1 aromatic rings. The maximum atomic E-state index is 12.2. The average molecular weight is 276 g/mol. The van der Waals surface area contributed by atoms with Crippen LogP contribution in [0.3, 0.4) is 0 Å². The fraction of sp³-hybridized carbons (Fsp3) is 0.562. The van der Waals surface area contributed by atoms with Gasteiger partial charge in [-0.2, -0.15) is 0 Å². The molecule has 1 saturated carbocycles. The van der Waals surface area contributed by atoms with Gasteiger partial charge in [-0.1, -0.05) is 0 Å². The van der Waals surface area contributed by atoms with Crippen LogP contribution in [0.2, 0.25) is 0 Å². The molecule has 0 aliphatic heterocycles. The first-order chi connectivity index (χ1) is 9.60. The lowest BCUT2D eigenvalue weighted by atomic mass is 9.86. The van der Waals surface area contributed by atoms with Crippen molar-refractivity contribution >= 4 is 11.6 Å². The number of nitrogens with one attached hydrogen (secondary N) is 1. The van der Waals surface area contributed by atoms with Gasteiger partial charge in [-0.3, -0.25) is 4.79 Å². The first-order valence-electron chi connectivity index (χ1n) is 7.29. The summed E-state index contributed by atoms with van der Waals surface area (Å²) in [6.07, 6.45) is 3.93. The highest BCUT2D eigenvalue weighted by Gasteiger charge is 2.22. The molecule has 1 aromatic carbocycles. The number of rotatable bonds is 4. The van der Waals surface area contributed by atoms with Gasteiger partial charge in [0.15, 0.2) is 0 Å². The number of anilines is 1. The highest BCUT2D eigenvalue weighted by atomic mass is 16.3. The quantitative estimate of drug-likeness (QED) is 0.885. The van der Waals surface area contributed by atoms with Crippen LogP contribution < -0.4 is 10.2 Å². The predicted octanol–water partition coefficient (Wildman–Crippen LogP) is 2.03. The van der Waals surface area contributed by atoms with E-state index in [0.717, 1.165) is 31.4 Å². The van der Waals surface area contributed by atoms with Crippen LogP contribution in [0, 0.1) is 5.92 Å². The van der Waals surface area contributed by atoms with Gasteiger partial charge < -0.3 is 15.3 Å². The van der Waals surface area contributed by atoms with Crippen LogP contribution in [-0.2, 0) is 0 Å². The zero-order chi connectivity index (χ0) is 14.5. The molecule has 0 heterocycles. The molecule has 110 valence electrons. The summed E-state index contributed by atoms with van der Waals surface area (Å²) in [6.45, 7) is 0.271. The molecule has 0 radical (unpaired) electrons. The number of nitrogens with zero attached hydrogens (tertiary/aromatic N) is 1. The molecule has 0 aromatic heterocycles. The number of hydrogen-bond acceptors (Lipinski definition) is 3. The van der Waals surface area contributed by atoms with Crippen LogP contribution in [-0.4, -0.2) is 37.8 Å². The van der Waals surface area contributed by atoms with Crippen LogP contribution in [0.15, 0.2) is 24.3 Å². The number of amides is 1. The van der Waals surface area contributed by atoms with Crippen LogP contribution in [0.5, 0.6) is 0 Å². The Labute approximate surface area is 120 Å². The zero-order valence-corrected chi connectivity index (χ0v) is 12.3. The molecule has 0 saturated heterocycles. The van der Waals surface area contributed by atoms with Crippen LogP contribution >= 0.6 is 0 Å². The van der Waals surface area contributed by atoms with Gasteiger partial charge >= 0.3 is 0 Å². The Bertz CT molecular complexity index is 434. The number of aliphatic hydroxyl groups is 1. The van der Waals surface area contributed by atoms with E-state index < -0.39 is 0 Å². The standard InChI is InChI=1S/C16H24N2O2/c1-18(2)15-9-5-13(6-10-15)16(20)17-14-7-3-12(11-19)4-8-14/h5-6,9-10,12,14,19H,3-4,7-8,11H2,1-2H3,(H,17,20). The molecule has 0 atom stereocenters. The molecule has 0 bridgehead atoms. The largest absolute Gasteiger partial charge is 0.396 e. The highest BCUT2D eigenvalue weighted by molar-refractivity contribution is 5.94. The maximum absolute atomic E-state index is 12.2. The Kier molecular flexibility index (Phi) is 5.01. The zero-order valence-electron chi connectivity index (χ0n) is 12.3.